The molecule has 8 N–H and O–H groups in total. The standard InChI is InChI=1S/C108H148N6O14/c1-11-21-25-29-33-37-41-45-49-53-71-75-57-77-72(54-50-46-42-38-34-30-26-22-12-2)79-59-81-74(56-52-48-44-40-36-32-28-24-14-4)82-60-80-73(55-51-47-43-39-35-31-27-23-13-3)78-58-76(71)90(116)68-92(78)124-98-62-84(110-104(118)16-6)86(112-106(120)18-8)64-100(98)126-94(80)70-96(82)128-102-66-88(114-108(122)20-10)87(113-107(121)19-9)65-101(102)127-95(81)69-93(79)125-99-63-85(111-105(119)17-7)83(109-103(117)15-5)61-97(99)123-91(77)67-89(75)115/h57-74,115-116H,11-56H2,1-10H3,(H,109,117)(H,110,118)(H,111,119)(H,112,120)(H,113,121)(H,114,122)/t71?,72-,73+,74?. The van der Waals surface area contributed by atoms with Gasteiger partial charge in [0.2, 0.25) is 35.4 Å². The van der Waals surface area contributed by atoms with Gasteiger partial charge in [0.25, 0.3) is 0 Å². The number of benzene rings is 7. The van der Waals surface area contributed by atoms with Gasteiger partial charge in [-0.1, -0.05) is 300 Å². The molecule has 2 unspecified atom stereocenters. The Bertz CT molecular complexity index is 4600. The van der Waals surface area contributed by atoms with E-state index >= 15 is 0 Å². The van der Waals surface area contributed by atoms with E-state index in [0.717, 1.165) is 168 Å². The van der Waals surface area contributed by atoms with E-state index in [1.54, 1.807) is 90.1 Å². The molecule has 694 valence electrons. The zero-order chi connectivity index (χ0) is 90.9. The lowest BCUT2D eigenvalue weighted by atomic mass is 9.76. The van der Waals surface area contributed by atoms with Crippen molar-refractivity contribution in [2.24, 2.45) is 0 Å². The molecule has 0 saturated carbocycles. The lowest BCUT2D eigenvalue weighted by Crippen LogP contribution is -2.15. The fourth-order valence-corrected chi connectivity index (χ4v) is 18.6. The normalized spacial score (nSPS) is 14.8. The highest BCUT2D eigenvalue weighted by atomic mass is 16.5. The molecule has 20 nitrogen and oxygen atoms in total. The number of amides is 6. The van der Waals surface area contributed by atoms with E-state index in [2.05, 4.69) is 83.9 Å². The molecule has 0 aromatic heterocycles. The second kappa shape index (κ2) is 50.6. The molecular formula is C108H148N6O14. The van der Waals surface area contributed by atoms with Crippen LogP contribution in [0.4, 0.5) is 34.1 Å². The van der Waals surface area contributed by atoms with E-state index in [0.29, 0.717) is 71.3 Å². The average Bonchev–Trinajstić information content (AvgIpc) is 1.63. The van der Waals surface area contributed by atoms with Crippen LogP contribution in [0.2, 0.25) is 0 Å². The van der Waals surface area contributed by atoms with Crippen LogP contribution in [0.3, 0.4) is 0 Å². The topological polar surface area (TPSA) is 270 Å². The number of nitrogens with one attached hydrogen (secondary N) is 6. The molecule has 4 atom stereocenters. The predicted octanol–water partition coefficient (Wildman–Crippen LogP) is 31.4. The molecule has 0 spiro atoms. The summed E-state index contributed by atoms with van der Waals surface area (Å²) in [7, 11) is 0. The number of ether oxygens (including phenoxy) is 6. The Morgan fingerprint density at radius 3 is 0.539 bits per heavy atom. The molecular weight excluding hydrogens is 1610 g/mol. The van der Waals surface area contributed by atoms with Crippen molar-refractivity contribution in [3.63, 3.8) is 0 Å². The fraction of sp³-hybridized carbons (Fsp3) is 0.556. The van der Waals surface area contributed by atoms with Crippen molar-refractivity contribution in [3.05, 3.63) is 129 Å². The quantitative estimate of drug-likeness (QED) is 0.0165. The zero-order valence-corrected chi connectivity index (χ0v) is 78.7. The van der Waals surface area contributed by atoms with Crippen LogP contribution in [0, 0.1) is 0 Å². The summed E-state index contributed by atoms with van der Waals surface area (Å²) >= 11 is 0. The van der Waals surface area contributed by atoms with Crippen molar-refractivity contribution in [3.8, 4) is 80.5 Å². The van der Waals surface area contributed by atoms with Gasteiger partial charge in [0.05, 0.1) is 34.1 Å². The van der Waals surface area contributed by atoms with Gasteiger partial charge in [-0.3, -0.25) is 28.8 Å². The summed E-state index contributed by atoms with van der Waals surface area (Å²) in [6.45, 7) is 19.6. The molecule has 11 rings (SSSR count). The number of anilines is 6. The van der Waals surface area contributed by atoms with Crippen molar-refractivity contribution < 1.29 is 67.4 Å². The Hall–Kier alpha value is -10.2. The van der Waals surface area contributed by atoms with Gasteiger partial charge in [-0.25, -0.2) is 0 Å². The molecule has 0 radical (unpaired) electrons. The average molecular weight is 1750 g/mol. The van der Waals surface area contributed by atoms with Crippen LogP contribution < -0.4 is 60.3 Å². The van der Waals surface area contributed by atoms with Crippen LogP contribution in [-0.4, -0.2) is 45.7 Å². The van der Waals surface area contributed by atoms with Crippen LogP contribution in [0.25, 0.3) is 0 Å². The van der Waals surface area contributed by atoms with E-state index in [4.69, 9.17) is 28.4 Å². The lowest BCUT2D eigenvalue weighted by molar-refractivity contribution is -0.116. The maximum atomic E-state index is 14.0. The first-order valence-electron chi connectivity index (χ1n) is 49.8. The Kier molecular flexibility index (Phi) is 38.9. The van der Waals surface area contributed by atoms with Crippen LogP contribution in [0.1, 0.15) is 433 Å². The molecule has 7 aromatic rings. The van der Waals surface area contributed by atoms with Crippen molar-refractivity contribution in [2.45, 2.75) is 388 Å². The van der Waals surface area contributed by atoms with Crippen molar-refractivity contribution in [1.29, 1.82) is 0 Å². The molecule has 1 aliphatic carbocycles. The highest BCUT2D eigenvalue weighted by Gasteiger charge is 2.39. The Morgan fingerprint density at radius 1 is 0.203 bits per heavy atom. The number of fused-ring (bicyclic) bond motifs is 5. The van der Waals surface area contributed by atoms with Gasteiger partial charge in [0.15, 0.2) is 34.5 Å². The van der Waals surface area contributed by atoms with Crippen molar-refractivity contribution >= 4 is 69.6 Å². The summed E-state index contributed by atoms with van der Waals surface area (Å²) in [5.74, 6) is -0.908. The number of carbonyl (C=O) groups is 6. The molecule has 7 aromatic carbocycles. The second-order valence-corrected chi connectivity index (χ2v) is 36.0. The van der Waals surface area contributed by atoms with Crippen LogP contribution in [-0.2, 0) is 28.8 Å². The van der Waals surface area contributed by atoms with Crippen LogP contribution in [0.15, 0.2) is 84.9 Å². The van der Waals surface area contributed by atoms with Gasteiger partial charge in [-0.05, 0) is 49.9 Å². The summed E-state index contributed by atoms with van der Waals surface area (Å²) in [4.78, 5) is 83.2. The van der Waals surface area contributed by atoms with Crippen molar-refractivity contribution in [1.82, 2.24) is 0 Å². The molecule has 6 amide bonds. The van der Waals surface area contributed by atoms with Crippen molar-refractivity contribution in [2.75, 3.05) is 31.9 Å². The van der Waals surface area contributed by atoms with E-state index in [-0.39, 0.29) is 154 Å². The third kappa shape index (κ3) is 27.0. The Balaban J connectivity index is 1.30. The first-order chi connectivity index (χ1) is 62.3. The molecule has 3 heterocycles. The van der Waals surface area contributed by atoms with Gasteiger partial charge in [0, 0.05) is 167 Å². The summed E-state index contributed by atoms with van der Waals surface area (Å²) in [6.07, 6.45) is 41.9. The first-order valence-corrected chi connectivity index (χ1v) is 49.8. The summed E-state index contributed by atoms with van der Waals surface area (Å²) in [6, 6.07) is 26.3. The highest BCUT2D eigenvalue weighted by molar-refractivity contribution is 6.03. The molecule has 0 fully saturated rings. The molecule has 3 aliphatic heterocycles. The van der Waals surface area contributed by atoms with Gasteiger partial charge < -0.3 is 70.5 Å². The number of hydrogen-bond acceptors (Lipinski definition) is 14. The summed E-state index contributed by atoms with van der Waals surface area (Å²) < 4.78 is 45.7. The van der Waals surface area contributed by atoms with Gasteiger partial charge >= 0.3 is 0 Å². The van der Waals surface area contributed by atoms with Crippen LogP contribution in [0.5, 0.6) is 80.5 Å². The minimum atomic E-state index is -0.651. The minimum Gasteiger partial charge on any atom is -0.508 e. The summed E-state index contributed by atoms with van der Waals surface area (Å²) in [5.41, 5.74) is 7.48. The third-order valence-corrected chi connectivity index (χ3v) is 26.1. The largest absolute Gasteiger partial charge is 0.508 e. The number of unbranched alkanes of at least 4 members (excludes halogenated alkanes) is 32. The molecule has 0 saturated heterocycles. The fourth-order valence-electron chi connectivity index (χ4n) is 18.6. The monoisotopic (exact) mass is 1750 g/mol. The summed E-state index contributed by atoms with van der Waals surface area (Å²) in [5, 5.41) is 45.8. The SMILES string of the molecule is CCCCCCCCCCCC1c2cc3c(cc2O)Oc2cc(NC(=O)CC)c(NC(=O)CC)cc2Oc2cc4c(cc2[C@@H]3CCCCCCCCCCC)C(CCCCCCCCCCC)c2cc3c(cc2Oc2cc(NC(=O)CC)c(NC(=O)CC)cc2O4)Oc2cc(NC(=O)CC)c(NC(=O)CC)cc2Oc2cc(O)c1cc2[C@@H]3CCCCCCCCCCC. The predicted molar refractivity (Wildman–Crippen MR) is 517 cm³/mol. The lowest BCUT2D eigenvalue weighted by Gasteiger charge is -2.30. The molecule has 128 heavy (non-hydrogen) atoms. The highest BCUT2D eigenvalue weighted by Crippen LogP contribution is 2.60. The van der Waals surface area contributed by atoms with E-state index in [9.17, 15) is 39.0 Å². The number of phenols is 2. The second-order valence-electron chi connectivity index (χ2n) is 36.0. The maximum Gasteiger partial charge on any atom is 0.224 e. The smallest absolute Gasteiger partial charge is 0.224 e. The number of carbonyl (C=O) groups excluding carboxylic acids is 6. The number of rotatable bonds is 52. The van der Waals surface area contributed by atoms with Gasteiger partial charge in [-0.15, -0.1) is 0 Å². The number of hydrogen-bond donors (Lipinski definition) is 8. The zero-order valence-electron chi connectivity index (χ0n) is 78.7. The minimum absolute atomic E-state index is 0.0572. The molecule has 4 aliphatic rings. The maximum absolute atomic E-state index is 14.0. The van der Waals surface area contributed by atoms with E-state index < -0.39 is 23.7 Å². The Morgan fingerprint density at radius 2 is 0.359 bits per heavy atom. The number of phenolic OH excluding ortho intramolecular Hbond substituents is 2. The van der Waals surface area contributed by atoms with Gasteiger partial charge in [0.1, 0.15) is 46.0 Å². The first kappa shape index (κ1) is 98.4. The van der Waals surface area contributed by atoms with Crippen LogP contribution >= 0.6 is 0 Å². The molecule has 20 heteroatoms. The van der Waals surface area contributed by atoms with Gasteiger partial charge in [-0.2, -0.15) is 0 Å². The molecule has 8 bridgehead atoms. The van der Waals surface area contributed by atoms with E-state index in [1.165, 1.54) is 96.3 Å². The Labute approximate surface area is 762 Å². The third-order valence-electron chi connectivity index (χ3n) is 26.1. The van der Waals surface area contributed by atoms with E-state index in [1.807, 2.05) is 12.1 Å². The number of aromatic hydroxyl groups is 2.